The van der Waals surface area contributed by atoms with E-state index in [4.69, 9.17) is 9.47 Å². The summed E-state index contributed by atoms with van der Waals surface area (Å²) in [7, 11) is 0. The van der Waals surface area contributed by atoms with Gasteiger partial charge in [0.1, 0.15) is 0 Å². The molecule has 2 rings (SSSR count). The molecule has 4 atom stereocenters. The first kappa shape index (κ1) is 14.5. The molecule has 0 saturated carbocycles. The molecule has 0 aliphatic carbocycles. The third-order valence-electron chi connectivity index (χ3n) is 4.14. The number of benzene rings is 1. The highest BCUT2D eigenvalue weighted by Gasteiger charge is 2.33. The van der Waals surface area contributed by atoms with E-state index in [0.29, 0.717) is 17.9 Å². The molecule has 0 amide bonds. The Labute approximate surface area is 117 Å². The molecule has 0 N–H and O–H groups in total. The van der Waals surface area contributed by atoms with Crippen LogP contribution in [0.1, 0.15) is 51.5 Å². The third kappa shape index (κ3) is 3.58. The second-order valence-electron chi connectivity index (χ2n) is 5.53. The standard InChI is InChI=1S/C17H26O2/c1-4-9-16-14(5-2)12-18-17(19-16)13(3)15-10-7-6-8-11-15/h6-8,10-11,13-14,16-17H,4-5,9,12H2,1-3H3/t13-,14-,16-,17-/m0/s1. The molecule has 106 valence electrons. The molecule has 2 nitrogen and oxygen atoms in total. The monoisotopic (exact) mass is 262 g/mol. The Hall–Kier alpha value is -0.860. The molecular weight excluding hydrogens is 236 g/mol. The molecule has 0 spiro atoms. The average molecular weight is 262 g/mol. The van der Waals surface area contributed by atoms with Gasteiger partial charge >= 0.3 is 0 Å². The highest BCUT2D eigenvalue weighted by molar-refractivity contribution is 5.19. The molecule has 2 heteroatoms. The minimum Gasteiger partial charge on any atom is -0.352 e. The van der Waals surface area contributed by atoms with Crippen molar-refractivity contribution in [1.82, 2.24) is 0 Å². The van der Waals surface area contributed by atoms with Gasteiger partial charge in [0.15, 0.2) is 6.29 Å². The number of hydrogen-bond donors (Lipinski definition) is 0. The van der Waals surface area contributed by atoms with E-state index in [1.807, 2.05) is 6.07 Å². The first-order chi connectivity index (χ1) is 9.26. The summed E-state index contributed by atoms with van der Waals surface area (Å²) in [5, 5.41) is 0. The molecule has 0 unspecified atom stereocenters. The molecule has 0 aromatic heterocycles. The molecule has 1 heterocycles. The van der Waals surface area contributed by atoms with E-state index in [9.17, 15) is 0 Å². The van der Waals surface area contributed by atoms with Crippen molar-refractivity contribution in [3.05, 3.63) is 35.9 Å². The second-order valence-corrected chi connectivity index (χ2v) is 5.53. The summed E-state index contributed by atoms with van der Waals surface area (Å²) in [4.78, 5) is 0. The van der Waals surface area contributed by atoms with Gasteiger partial charge in [0.25, 0.3) is 0 Å². The van der Waals surface area contributed by atoms with Crippen molar-refractivity contribution < 1.29 is 9.47 Å². The van der Waals surface area contributed by atoms with Gasteiger partial charge in [-0.3, -0.25) is 0 Å². The van der Waals surface area contributed by atoms with Crippen molar-refractivity contribution >= 4 is 0 Å². The van der Waals surface area contributed by atoms with Gasteiger partial charge in [-0.15, -0.1) is 0 Å². The predicted octanol–water partition coefficient (Wildman–Crippen LogP) is 4.36. The van der Waals surface area contributed by atoms with Crippen LogP contribution in [-0.4, -0.2) is 19.0 Å². The predicted molar refractivity (Wildman–Crippen MR) is 78.2 cm³/mol. The maximum atomic E-state index is 6.22. The second kappa shape index (κ2) is 7.06. The summed E-state index contributed by atoms with van der Waals surface area (Å²) < 4.78 is 12.2. The Morgan fingerprint density at radius 2 is 1.95 bits per heavy atom. The summed E-state index contributed by atoms with van der Waals surface area (Å²) in [6.45, 7) is 7.47. The highest BCUT2D eigenvalue weighted by atomic mass is 16.7. The SMILES string of the molecule is CCC[C@@H]1O[C@@H]([C@@H](C)c2ccccc2)OC[C@@H]1CC. The Morgan fingerprint density at radius 1 is 1.21 bits per heavy atom. The van der Waals surface area contributed by atoms with Gasteiger partial charge < -0.3 is 9.47 Å². The zero-order chi connectivity index (χ0) is 13.7. The topological polar surface area (TPSA) is 18.5 Å². The highest BCUT2D eigenvalue weighted by Crippen LogP contribution is 2.31. The van der Waals surface area contributed by atoms with Crippen LogP contribution in [0.2, 0.25) is 0 Å². The van der Waals surface area contributed by atoms with Gasteiger partial charge in [-0.05, 0) is 18.4 Å². The largest absolute Gasteiger partial charge is 0.352 e. The molecule has 1 aliphatic heterocycles. The van der Waals surface area contributed by atoms with Gasteiger partial charge in [-0.1, -0.05) is 57.5 Å². The van der Waals surface area contributed by atoms with Gasteiger partial charge in [0.2, 0.25) is 0 Å². The Morgan fingerprint density at radius 3 is 2.58 bits per heavy atom. The van der Waals surface area contributed by atoms with E-state index in [-0.39, 0.29) is 6.29 Å². The van der Waals surface area contributed by atoms with Crippen LogP contribution < -0.4 is 0 Å². The summed E-state index contributed by atoms with van der Waals surface area (Å²) in [6, 6.07) is 10.5. The van der Waals surface area contributed by atoms with Crippen molar-refractivity contribution in [2.24, 2.45) is 5.92 Å². The fourth-order valence-electron chi connectivity index (χ4n) is 2.79. The Balaban J connectivity index is 2.02. The summed E-state index contributed by atoms with van der Waals surface area (Å²) in [5.41, 5.74) is 1.29. The molecular formula is C17H26O2. The average Bonchev–Trinajstić information content (AvgIpc) is 2.47. The van der Waals surface area contributed by atoms with Crippen LogP contribution in [0.4, 0.5) is 0 Å². The number of rotatable bonds is 5. The Bertz CT molecular complexity index is 363. The van der Waals surface area contributed by atoms with E-state index >= 15 is 0 Å². The van der Waals surface area contributed by atoms with Crippen LogP contribution in [0, 0.1) is 5.92 Å². The lowest BCUT2D eigenvalue weighted by Crippen LogP contribution is -2.41. The van der Waals surface area contributed by atoms with E-state index in [2.05, 4.69) is 45.0 Å². The van der Waals surface area contributed by atoms with E-state index < -0.39 is 0 Å². The molecule has 0 radical (unpaired) electrons. The van der Waals surface area contributed by atoms with Gasteiger partial charge in [-0.2, -0.15) is 0 Å². The number of ether oxygens (including phenoxy) is 2. The minimum atomic E-state index is -0.0956. The zero-order valence-corrected chi connectivity index (χ0v) is 12.3. The van der Waals surface area contributed by atoms with E-state index in [1.54, 1.807) is 0 Å². The molecule has 1 fully saturated rings. The smallest absolute Gasteiger partial charge is 0.164 e. The van der Waals surface area contributed by atoms with Crippen LogP contribution in [0.5, 0.6) is 0 Å². The maximum absolute atomic E-state index is 6.22. The number of hydrogen-bond acceptors (Lipinski definition) is 2. The first-order valence-electron chi connectivity index (χ1n) is 7.58. The molecule has 1 aromatic carbocycles. The van der Waals surface area contributed by atoms with E-state index in [1.165, 1.54) is 12.0 Å². The minimum absolute atomic E-state index is 0.0956. The zero-order valence-electron chi connectivity index (χ0n) is 12.3. The normalized spacial score (nSPS) is 29.1. The summed E-state index contributed by atoms with van der Waals surface area (Å²) >= 11 is 0. The quantitative estimate of drug-likeness (QED) is 0.785. The molecule has 1 aliphatic rings. The van der Waals surface area contributed by atoms with Crippen molar-refractivity contribution in [1.29, 1.82) is 0 Å². The van der Waals surface area contributed by atoms with Gasteiger partial charge in [0.05, 0.1) is 12.7 Å². The van der Waals surface area contributed by atoms with Crippen LogP contribution >= 0.6 is 0 Å². The fourth-order valence-corrected chi connectivity index (χ4v) is 2.79. The van der Waals surface area contributed by atoms with Crippen LogP contribution in [0.3, 0.4) is 0 Å². The van der Waals surface area contributed by atoms with Crippen molar-refractivity contribution in [3.63, 3.8) is 0 Å². The molecule has 1 saturated heterocycles. The summed E-state index contributed by atoms with van der Waals surface area (Å²) in [6.07, 6.45) is 3.71. The maximum Gasteiger partial charge on any atom is 0.164 e. The van der Waals surface area contributed by atoms with Gasteiger partial charge in [0, 0.05) is 11.8 Å². The molecule has 1 aromatic rings. The van der Waals surface area contributed by atoms with E-state index in [0.717, 1.165) is 19.4 Å². The lowest BCUT2D eigenvalue weighted by atomic mass is 9.94. The van der Waals surface area contributed by atoms with Crippen LogP contribution in [0.15, 0.2) is 30.3 Å². The van der Waals surface area contributed by atoms with Crippen LogP contribution in [0.25, 0.3) is 0 Å². The molecule has 0 bridgehead atoms. The lowest BCUT2D eigenvalue weighted by Gasteiger charge is -2.38. The lowest BCUT2D eigenvalue weighted by molar-refractivity contribution is -0.245. The summed E-state index contributed by atoms with van der Waals surface area (Å²) in [5.74, 6) is 0.845. The van der Waals surface area contributed by atoms with Gasteiger partial charge in [-0.25, -0.2) is 0 Å². The third-order valence-corrected chi connectivity index (χ3v) is 4.14. The fraction of sp³-hybridized carbons (Fsp3) is 0.647. The van der Waals surface area contributed by atoms with Crippen molar-refractivity contribution in [3.8, 4) is 0 Å². The van der Waals surface area contributed by atoms with Crippen molar-refractivity contribution in [2.45, 2.75) is 58.3 Å². The Kier molecular flexibility index (Phi) is 5.41. The molecule has 19 heavy (non-hydrogen) atoms. The van der Waals surface area contributed by atoms with Crippen molar-refractivity contribution in [2.75, 3.05) is 6.61 Å². The van der Waals surface area contributed by atoms with Crippen LogP contribution in [-0.2, 0) is 9.47 Å². The first-order valence-corrected chi connectivity index (χ1v) is 7.58.